The molecular formula is C10H20N2S. The minimum absolute atomic E-state index is 0.805. The minimum atomic E-state index is 0.805. The van der Waals surface area contributed by atoms with Crippen molar-refractivity contribution in [2.45, 2.75) is 12.8 Å². The van der Waals surface area contributed by atoms with E-state index in [1.54, 1.807) is 0 Å². The summed E-state index contributed by atoms with van der Waals surface area (Å²) >= 11 is 2.10. The molecule has 2 nitrogen and oxygen atoms in total. The maximum Gasteiger partial charge on any atom is 0.00341 e. The molecule has 2 rings (SSSR count). The Balaban J connectivity index is 1.45. The van der Waals surface area contributed by atoms with Crippen LogP contribution < -0.4 is 5.73 Å². The number of rotatable bonds is 5. The van der Waals surface area contributed by atoms with Gasteiger partial charge < -0.3 is 10.6 Å². The summed E-state index contributed by atoms with van der Waals surface area (Å²) in [6.45, 7) is 4.72. The van der Waals surface area contributed by atoms with Crippen LogP contribution in [0.4, 0.5) is 0 Å². The SMILES string of the molecule is NCC1CN(CCCC2CSC2)C1. The molecule has 0 bridgehead atoms. The zero-order valence-corrected chi connectivity index (χ0v) is 9.06. The van der Waals surface area contributed by atoms with Crippen molar-refractivity contribution in [3.05, 3.63) is 0 Å². The maximum absolute atomic E-state index is 5.57. The third kappa shape index (κ3) is 2.61. The van der Waals surface area contributed by atoms with Crippen LogP contribution in [0.25, 0.3) is 0 Å². The Morgan fingerprint density at radius 1 is 1.23 bits per heavy atom. The van der Waals surface area contributed by atoms with Crippen LogP contribution >= 0.6 is 11.8 Å². The minimum Gasteiger partial charge on any atom is -0.330 e. The summed E-state index contributed by atoms with van der Waals surface area (Å²) in [5, 5.41) is 0. The molecule has 2 aliphatic heterocycles. The van der Waals surface area contributed by atoms with Crippen LogP contribution in [-0.4, -0.2) is 42.6 Å². The van der Waals surface area contributed by atoms with Gasteiger partial charge in [0, 0.05) is 13.1 Å². The summed E-state index contributed by atoms with van der Waals surface area (Å²) in [6, 6.07) is 0. The topological polar surface area (TPSA) is 29.3 Å². The van der Waals surface area contributed by atoms with Crippen LogP contribution in [0.15, 0.2) is 0 Å². The molecule has 0 aromatic heterocycles. The van der Waals surface area contributed by atoms with E-state index >= 15 is 0 Å². The number of nitrogens with two attached hydrogens (primary N) is 1. The second kappa shape index (κ2) is 4.67. The third-order valence-electron chi connectivity index (χ3n) is 3.16. The van der Waals surface area contributed by atoms with E-state index in [0.717, 1.165) is 18.4 Å². The van der Waals surface area contributed by atoms with Crippen molar-refractivity contribution in [3.8, 4) is 0 Å². The van der Waals surface area contributed by atoms with Gasteiger partial charge in [0.15, 0.2) is 0 Å². The lowest BCUT2D eigenvalue weighted by molar-refractivity contribution is 0.103. The molecule has 76 valence electrons. The van der Waals surface area contributed by atoms with Gasteiger partial charge in [-0.25, -0.2) is 0 Å². The Labute approximate surface area is 85.2 Å². The first kappa shape index (κ1) is 9.81. The van der Waals surface area contributed by atoms with Gasteiger partial charge in [-0.15, -0.1) is 0 Å². The van der Waals surface area contributed by atoms with E-state index in [4.69, 9.17) is 5.73 Å². The van der Waals surface area contributed by atoms with Crippen molar-refractivity contribution < 1.29 is 0 Å². The van der Waals surface area contributed by atoms with Gasteiger partial charge in [0.1, 0.15) is 0 Å². The van der Waals surface area contributed by atoms with Crippen LogP contribution in [0, 0.1) is 11.8 Å². The zero-order chi connectivity index (χ0) is 9.10. The van der Waals surface area contributed by atoms with Gasteiger partial charge in [-0.1, -0.05) is 0 Å². The van der Waals surface area contributed by atoms with Gasteiger partial charge >= 0.3 is 0 Å². The fraction of sp³-hybridized carbons (Fsp3) is 1.00. The summed E-state index contributed by atoms with van der Waals surface area (Å²) in [6.07, 6.45) is 2.86. The molecule has 2 heterocycles. The quantitative estimate of drug-likeness (QED) is 0.718. The average Bonchev–Trinajstić information content (AvgIpc) is 1.97. The molecular weight excluding hydrogens is 180 g/mol. The molecule has 2 aliphatic rings. The smallest absolute Gasteiger partial charge is 0.00341 e. The fourth-order valence-electron chi connectivity index (χ4n) is 2.06. The predicted molar refractivity (Wildman–Crippen MR) is 59.0 cm³/mol. The molecule has 2 N–H and O–H groups in total. The van der Waals surface area contributed by atoms with E-state index in [-0.39, 0.29) is 0 Å². The predicted octanol–water partition coefficient (Wildman–Crippen LogP) is 1.02. The average molecular weight is 200 g/mol. The van der Waals surface area contributed by atoms with E-state index in [0.29, 0.717) is 0 Å². The lowest BCUT2D eigenvalue weighted by Gasteiger charge is -2.39. The molecule has 0 atom stereocenters. The Bertz CT molecular complexity index is 153. The lowest BCUT2D eigenvalue weighted by Crippen LogP contribution is -2.50. The van der Waals surface area contributed by atoms with Gasteiger partial charge in [-0.05, 0) is 49.3 Å². The first-order chi connectivity index (χ1) is 6.38. The van der Waals surface area contributed by atoms with Crippen molar-refractivity contribution in [1.29, 1.82) is 0 Å². The molecule has 2 saturated heterocycles. The van der Waals surface area contributed by atoms with Gasteiger partial charge in [0.05, 0.1) is 0 Å². The standard InChI is InChI=1S/C10H20N2S/c11-4-10-5-12(6-10)3-1-2-9-7-13-8-9/h9-10H,1-8,11H2. The monoisotopic (exact) mass is 200 g/mol. The molecule has 0 saturated carbocycles. The molecule has 0 spiro atoms. The molecule has 0 aromatic carbocycles. The fourth-order valence-corrected chi connectivity index (χ4v) is 2.97. The van der Waals surface area contributed by atoms with E-state index in [2.05, 4.69) is 16.7 Å². The van der Waals surface area contributed by atoms with Gasteiger partial charge in [0.2, 0.25) is 0 Å². The first-order valence-corrected chi connectivity index (χ1v) is 6.54. The Kier molecular flexibility index (Phi) is 3.52. The van der Waals surface area contributed by atoms with E-state index in [9.17, 15) is 0 Å². The second-order valence-corrected chi connectivity index (χ2v) is 5.48. The van der Waals surface area contributed by atoms with Crippen LogP contribution in [0.3, 0.4) is 0 Å². The highest BCUT2D eigenvalue weighted by molar-refractivity contribution is 8.00. The normalized spacial score (nSPS) is 25.6. The summed E-state index contributed by atoms with van der Waals surface area (Å²) in [4.78, 5) is 2.54. The van der Waals surface area contributed by atoms with Gasteiger partial charge in [-0.3, -0.25) is 0 Å². The number of nitrogens with zero attached hydrogens (tertiary/aromatic N) is 1. The highest BCUT2D eigenvalue weighted by Gasteiger charge is 2.25. The largest absolute Gasteiger partial charge is 0.330 e. The highest BCUT2D eigenvalue weighted by atomic mass is 32.2. The van der Waals surface area contributed by atoms with Crippen molar-refractivity contribution >= 4 is 11.8 Å². The molecule has 0 aliphatic carbocycles. The summed E-state index contributed by atoms with van der Waals surface area (Å²) in [5.41, 5.74) is 5.57. The van der Waals surface area contributed by atoms with E-state index in [1.165, 1.54) is 44.0 Å². The first-order valence-electron chi connectivity index (χ1n) is 5.38. The van der Waals surface area contributed by atoms with Crippen molar-refractivity contribution in [2.24, 2.45) is 17.6 Å². The van der Waals surface area contributed by atoms with E-state index in [1.807, 2.05) is 0 Å². The van der Waals surface area contributed by atoms with Crippen LogP contribution in [0.2, 0.25) is 0 Å². The van der Waals surface area contributed by atoms with Crippen LogP contribution in [0.1, 0.15) is 12.8 Å². The van der Waals surface area contributed by atoms with Gasteiger partial charge in [0.25, 0.3) is 0 Å². The Hall–Kier alpha value is 0.270. The summed E-state index contributed by atoms with van der Waals surface area (Å²) in [5.74, 6) is 4.70. The molecule has 0 amide bonds. The number of hydrogen-bond donors (Lipinski definition) is 1. The molecule has 13 heavy (non-hydrogen) atoms. The number of hydrogen-bond acceptors (Lipinski definition) is 3. The summed E-state index contributed by atoms with van der Waals surface area (Å²) < 4.78 is 0. The summed E-state index contributed by atoms with van der Waals surface area (Å²) in [7, 11) is 0. The molecule has 0 unspecified atom stereocenters. The van der Waals surface area contributed by atoms with Gasteiger partial charge in [-0.2, -0.15) is 11.8 Å². The lowest BCUT2D eigenvalue weighted by atomic mass is 9.99. The van der Waals surface area contributed by atoms with Crippen LogP contribution in [0.5, 0.6) is 0 Å². The number of thioether (sulfide) groups is 1. The van der Waals surface area contributed by atoms with Crippen molar-refractivity contribution in [3.63, 3.8) is 0 Å². The highest BCUT2D eigenvalue weighted by Crippen LogP contribution is 2.28. The van der Waals surface area contributed by atoms with Crippen molar-refractivity contribution in [2.75, 3.05) is 37.7 Å². The molecule has 2 fully saturated rings. The molecule has 0 radical (unpaired) electrons. The van der Waals surface area contributed by atoms with Crippen molar-refractivity contribution in [1.82, 2.24) is 4.90 Å². The molecule has 3 heteroatoms. The second-order valence-electron chi connectivity index (χ2n) is 4.41. The Morgan fingerprint density at radius 3 is 2.54 bits per heavy atom. The molecule has 0 aromatic rings. The van der Waals surface area contributed by atoms with E-state index < -0.39 is 0 Å². The Morgan fingerprint density at radius 2 is 2.00 bits per heavy atom. The maximum atomic E-state index is 5.57. The van der Waals surface area contributed by atoms with Crippen LogP contribution in [-0.2, 0) is 0 Å². The number of likely N-dealkylation sites (tertiary alicyclic amines) is 1. The third-order valence-corrected chi connectivity index (χ3v) is 4.57. The zero-order valence-electron chi connectivity index (χ0n) is 8.24.